The van der Waals surface area contributed by atoms with E-state index in [0.29, 0.717) is 13.1 Å². The van der Waals surface area contributed by atoms with E-state index in [0.717, 1.165) is 43.9 Å². The highest BCUT2D eigenvalue weighted by molar-refractivity contribution is 5.65. The van der Waals surface area contributed by atoms with Crippen molar-refractivity contribution in [2.75, 3.05) is 39.3 Å². The highest BCUT2D eigenvalue weighted by Gasteiger charge is 2.23. The molecule has 2 fully saturated rings. The van der Waals surface area contributed by atoms with Gasteiger partial charge in [-0.05, 0) is 56.6 Å². The molecule has 2 saturated heterocycles. The lowest BCUT2D eigenvalue weighted by molar-refractivity contribution is 0.0894. The third-order valence-corrected chi connectivity index (χ3v) is 5.18. The van der Waals surface area contributed by atoms with Gasteiger partial charge < -0.3 is 24.4 Å². The number of nitrogens with zero attached hydrogens (tertiary/aromatic N) is 2. The highest BCUT2D eigenvalue weighted by Crippen LogP contribution is 2.22. The molecule has 1 aromatic rings. The van der Waals surface area contributed by atoms with Gasteiger partial charge >= 0.3 is 6.09 Å². The van der Waals surface area contributed by atoms with E-state index >= 15 is 0 Å². The smallest absolute Gasteiger partial charge is 0.407 e. The van der Waals surface area contributed by atoms with Crippen molar-refractivity contribution < 1.29 is 19.4 Å². The molecule has 0 spiro atoms. The third-order valence-electron chi connectivity index (χ3n) is 5.18. The van der Waals surface area contributed by atoms with E-state index in [9.17, 15) is 4.79 Å². The Morgan fingerprint density at radius 3 is 2.31 bits per heavy atom. The van der Waals surface area contributed by atoms with E-state index in [4.69, 9.17) is 14.6 Å². The zero-order chi connectivity index (χ0) is 18.2. The fourth-order valence-corrected chi connectivity index (χ4v) is 3.63. The second-order valence-corrected chi connectivity index (χ2v) is 7.16. The number of piperidine rings is 2. The first-order valence-electron chi connectivity index (χ1n) is 9.80. The van der Waals surface area contributed by atoms with Gasteiger partial charge in [-0.2, -0.15) is 0 Å². The van der Waals surface area contributed by atoms with Crippen molar-refractivity contribution in [2.24, 2.45) is 0 Å². The number of ether oxygens (including phenoxy) is 2. The molecule has 6 heteroatoms. The number of carboxylic acid groups (broad SMARTS) is 1. The molecule has 0 unspecified atom stereocenters. The van der Waals surface area contributed by atoms with Crippen LogP contribution in [0.3, 0.4) is 0 Å². The molecule has 2 heterocycles. The van der Waals surface area contributed by atoms with Gasteiger partial charge in [-0.1, -0.05) is 6.42 Å². The van der Waals surface area contributed by atoms with E-state index in [1.807, 2.05) is 24.3 Å². The van der Waals surface area contributed by atoms with Gasteiger partial charge in [0.05, 0.1) is 6.61 Å². The summed E-state index contributed by atoms with van der Waals surface area (Å²) in [5.41, 5.74) is 0. The summed E-state index contributed by atoms with van der Waals surface area (Å²) >= 11 is 0. The van der Waals surface area contributed by atoms with Gasteiger partial charge in [0.2, 0.25) is 0 Å². The van der Waals surface area contributed by atoms with E-state index in [-0.39, 0.29) is 6.10 Å². The first-order valence-corrected chi connectivity index (χ1v) is 9.80. The summed E-state index contributed by atoms with van der Waals surface area (Å²) in [4.78, 5) is 14.9. The average molecular weight is 362 g/mol. The molecule has 6 nitrogen and oxygen atoms in total. The number of likely N-dealkylation sites (tertiary alicyclic amines) is 2. The molecule has 2 aliphatic rings. The maximum Gasteiger partial charge on any atom is 0.407 e. The largest absolute Gasteiger partial charge is 0.494 e. The Balaban J connectivity index is 1.33. The Labute approximate surface area is 155 Å². The molecule has 1 aromatic carbocycles. The number of benzene rings is 1. The van der Waals surface area contributed by atoms with Gasteiger partial charge in [0, 0.05) is 32.5 Å². The summed E-state index contributed by atoms with van der Waals surface area (Å²) < 4.78 is 11.8. The Morgan fingerprint density at radius 2 is 1.65 bits per heavy atom. The number of hydrogen-bond acceptors (Lipinski definition) is 4. The van der Waals surface area contributed by atoms with Crippen molar-refractivity contribution in [3.05, 3.63) is 24.3 Å². The molecular weight excluding hydrogens is 332 g/mol. The lowest BCUT2D eigenvalue weighted by Crippen LogP contribution is -2.41. The SMILES string of the molecule is O=C(O)N1CCC(Oc2ccc(OCCCN3CCCCC3)cc2)CC1. The Morgan fingerprint density at radius 1 is 1.00 bits per heavy atom. The minimum absolute atomic E-state index is 0.0851. The first kappa shape index (κ1) is 18.8. The van der Waals surface area contributed by atoms with Crippen LogP contribution in [0.1, 0.15) is 38.5 Å². The van der Waals surface area contributed by atoms with Crippen LogP contribution >= 0.6 is 0 Å². The third kappa shape index (κ3) is 5.80. The van der Waals surface area contributed by atoms with Crippen LogP contribution in [0.4, 0.5) is 4.79 Å². The van der Waals surface area contributed by atoms with Gasteiger partial charge in [0.15, 0.2) is 0 Å². The molecular formula is C20H30N2O4. The number of hydrogen-bond donors (Lipinski definition) is 1. The molecule has 2 aliphatic heterocycles. The molecule has 0 radical (unpaired) electrons. The van der Waals surface area contributed by atoms with Crippen molar-refractivity contribution in [1.29, 1.82) is 0 Å². The molecule has 3 rings (SSSR count). The summed E-state index contributed by atoms with van der Waals surface area (Å²) in [7, 11) is 0. The van der Waals surface area contributed by atoms with Crippen LogP contribution in [0.2, 0.25) is 0 Å². The zero-order valence-electron chi connectivity index (χ0n) is 15.4. The second-order valence-electron chi connectivity index (χ2n) is 7.16. The van der Waals surface area contributed by atoms with Crippen molar-refractivity contribution in [3.8, 4) is 11.5 Å². The van der Waals surface area contributed by atoms with E-state index in [2.05, 4.69) is 4.90 Å². The van der Waals surface area contributed by atoms with Crippen LogP contribution < -0.4 is 9.47 Å². The standard InChI is InChI=1S/C20H30N2O4/c23-20(24)22-14-9-19(10-15-22)26-18-7-5-17(6-8-18)25-16-4-13-21-11-2-1-3-12-21/h5-8,19H,1-4,9-16H2,(H,23,24). The molecule has 1 N–H and O–H groups in total. The summed E-state index contributed by atoms with van der Waals surface area (Å²) in [6.07, 6.45) is 5.81. The molecule has 0 aliphatic carbocycles. The van der Waals surface area contributed by atoms with E-state index in [1.165, 1.54) is 37.3 Å². The van der Waals surface area contributed by atoms with Gasteiger partial charge in [-0.3, -0.25) is 0 Å². The molecule has 0 bridgehead atoms. The lowest BCUT2D eigenvalue weighted by Gasteiger charge is -2.30. The van der Waals surface area contributed by atoms with Gasteiger partial charge in [-0.15, -0.1) is 0 Å². The minimum atomic E-state index is -0.842. The predicted molar refractivity (Wildman–Crippen MR) is 100 cm³/mol. The molecule has 144 valence electrons. The Kier molecular flexibility index (Phi) is 7.00. The summed E-state index contributed by atoms with van der Waals surface area (Å²) in [5, 5.41) is 8.98. The Bertz CT molecular complexity index is 549. The zero-order valence-corrected chi connectivity index (χ0v) is 15.4. The monoisotopic (exact) mass is 362 g/mol. The van der Waals surface area contributed by atoms with Crippen molar-refractivity contribution in [3.63, 3.8) is 0 Å². The number of amides is 1. The number of carbonyl (C=O) groups is 1. The Hall–Kier alpha value is -1.95. The number of rotatable bonds is 7. The second kappa shape index (κ2) is 9.67. The summed E-state index contributed by atoms with van der Waals surface area (Å²) in [6.45, 7) is 5.41. The summed E-state index contributed by atoms with van der Waals surface area (Å²) in [6, 6.07) is 7.76. The van der Waals surface area contributed by atoms with Crippen LogP contribution in [0.5, 0.6) is 11.5 Å². The maximum absolute atomic E-state index is 10.9. The fraction of sp³-hybridized carbons (Fsp3) is 0.650. The lowest BCUT2D eigenvalue weighted by atomic mass is 10.1. The molecule has 0 saturated carbocycles. The fourth-order valence-electron chi connectivity index (χ4n) is 3.63. The van der Waals surface area contributed by atoms with Crippen LogP contribution in [-0.4, -0.2) is 66.4 Å². The van der Waals surface area contributed by atoms with Crippen LogP contribution in [-0.2, 0) is 0 Å². The van der Waals surface area contributed by atoms with Crippen LogP contribution in [0, 0.1) is 0 Å². The van der Waals surface area contributed by atoms with E-state index in [1.54, 1.807) is 0 Å². The van der Waals surface area contributed by atoms with Gasteiger partial charge in [0.1, 0.15) is 17.6 Å². The molecule has 1 amide bonds. The molecule has 0 atom stereocenters. The van der Waals surface area contributed by atoms with E-state index < -0.39 is 6.09 Å². The average Bonchev–Trinajstić information content (AvgIpc) is 2.68. The first-order chi connectivity index (χ1) is 12.7. The topological polar surface area (TPSA) is 62.2 Å². The minimum Gasteiger partial charge on any atom is -0.494 e. The van der Waals surface area contributed by atoms with Crippen molar-refractivity contribution in [1.82, 2.24) is 9.80 Å². The highest BCUT2D eigenvalue weighted by atomic mass is 16.5. The summed E-state index contributed by atoms with van der Waals surface area (Å²) in [5.74, 6) is 1.69. The van der Waals surface area contributed by atoms with Crippen molar-refractivity contribution in [2.45, 2.75) is 44.6 Å². The molecule has 0 aromatic heterocycles. The van der Waals surface area contributed by atoms with Crippen LogP contribution in [0.25, 0.3) is 0 Å². The van der Waals surface area contributed by atoms with Crippen molar-refractivity contribution >= 4 is 6.09 Å². The van der Waals surface area contributed by atoms with Gasteiger partial charge in [0.25, 0.3) is 0 Å². The normalized spacial score (nSPS) is 19.3. The quantitative estimate of drug-likeness (QED) is 0.753. The predicted octanol–water partition coefficient (Wildman–Crippen LogP) is 3.46. The van der Waals surface area contributed by atoms with Gasteiger partial charge in [-0.25, -0.2) is 4.79 Å². The maximum atomic E-state index is 10.9. The van der Waals surface area contributed by atoms with Crippen LogP contribution in [0.15, 0.2) is 24.3 Å². The molecule has 26 heavy (non-hydrogen) atoms.